The van der Waals surface area contributed by atoms with Crippen molar-refractivity contribution in [2.45, 2.75) is 103 Å². The van der Waals surface area contributed by atoms with Crippen LogP contribution in [0, 0.1) is 35.1 Å². The molecule has 6 heteroatoms. The first-order valence-electron chi connectivity index (χ1n) is 18.6. The van der Waals surface area contributed by atoms with Gasteiger partial charge in [-0.3, -0.25) is 0 Å². The van der Waals surface area contributed by atoms with Crippen LogP contribution in [0.2, 0.25) is 0 Å². The highest BCUT2D eigenvalue weighted by Gasteiger charge is 2.23. The Morgan fingerprint density at radius 2 is 0.960 bits per heavy atom. The van der Waals surface area contributed by atoms with E-state index in [0.29, 0.717) is 29.6 Å². The summed E-state index contributed by atoms with van der Waals surface area (Å²) in [5.74, 6) is -0.699. The van der Waals surface area contributed by atoms with Gasteiger partial charge in [-0.15, -0.1) is 0 Å². The molecular formula is C44H52F4O2. The van der Waals surface area contributed by atoms with Crippen LogP contribution < -0.4 is 9.47 Å². The molecule has 0 radical (unpaired) electrons. The summed E-state index contributed by atoms with van der Waals surface area (Å²) in [6.07, 6.45) is 14.0. The maximum atomic E-state index is 14.4. The van der Waals surface area contributed by atoms with Crippen LogP contribution in [0.25, 0.3) is 22.3 Å². The van der Waals surface area contributed by atoms with E-state index in [0.717, 1.165) is 11.8 Å². The molecule has 50 heavy (non-hydrogen) atoms. The van der Waals surface area contributed by atoms with Gasteiger partial charge in [0.1, 0.15) is 0 Å². The average Bonchev–Trinajstić information content (AvgIpc) is 3.16. The number of rotatable bonds is 10. The van der Waals surface area contributed by atoms with E-state index in [4.69, 9.17) is 9.47 Å². The largest absolute Gasteiger partial charge is 0.494 e. The van der Waals surface area contributed by atoms with Gasteiger partial charge in [-0.05, 0) is 128 Å². The Morgan fingerprint density at radius 3 is 1.38 bits per heavy atom. The molecular weight excluding hydrogens is 636 g/mol. The van der Waals surface area contributed by atoms with Gasteiger partial charge in [-0.2, -0.15) is 8.78 Å². The molecule has 0 bridgehead atoms. The minimum absolute atomic E-state index is 0.0342. The van der Waals surface area contributed by atoms with E-state index in [2.05, 4.69) is 38.1 Å². The molecule has 6 rings (SSSR count). The molecule has 268 valence electrons. The number of halogens is 4. The van der Waals surface area contributed by atoms with E-state index in [-0.39, 0.29) is 22.6 Å². The molecule has 0 heterocycles. The third-order valence-corrected chi connectivity index (χ3v) is 11.0. The second-order valence-electron chi connectivity index (χ2n) is 14.0. The monoisotopic (exact) mass is 688 g/mol. The first-order chi connectivity index (χ1) is 24.3. The Balaban J connectivity index is 0.000000194. The van der Waals surface area contributed by atoms with Crippen molar-refractivity contribution in [1.29, 1.82) is 0 Å². The standard InChI is InChI=1S/2C22H26F2O/c1-3-4-15-5-7-16(8-6-15)17-9-11-18(12-10-17)19-13-14-20(25-2)22(24)21(19)23;1-3-15-5-7-16(8-6-15)17-9-11-18(12-10-17)19-13-14-20(25-4-2)22(24)21(19)23/h2*9-16H,3-8H2,1-2H3. The topological polar surface area (TPSA) is 18.5 Å². The molecule has 0 saturated heterocycles. The Bertz CT molecular complexity index is 1650. The summed E-state index contributed by atoms with van der Waals surface area (Å²) in [4.78, 5) is 0. The molecule has 4 aromatic carbocycles. The minimum atomic E-state index is -0.932. The smallest absolute Gasteiger partial charge is 0.201 e. The van der Waals surface area contributed by atoms with E-state index in [1.54, 1.807) is 19.1 Å². The van der Waals surface area contributed by atoms with Gasteiger partial charge in [-0.25, -0.2) is 8.78 Å². The summed E-state index contributed by atoms with van der Waals surface area (Å²) in [5, 5.41) is 0. The van der Waals surface area contributed by atoms with Gasteiger partial charge in [0.2, 0.25) is 11.6 Å². The third-order valence-electron chi connectivity index (χ3n) is 11.0. The molecule has 0 unspecified atom stereocenters. The number of hydrogen-bond acceptors (Lipinski definition) is 2. The molecule has 2 nitrogen and oxygen atoms in total. The van der Waals surface area contributed by atoms with Gasteiger partial charge in [-0.1, -0.05) is 81.6 Å². The molecule has 0 aromatic heterocycles. The van der Waals surface area contributed by atoms with Gasteiger partial charge < -0.3 is 9.47 Å². The van der Waals surface area contributed by atoms with Crippen LogP contribution >= 0.6 is 0 Å². The van der Waals surface area contributed by atoms with Gasteiger partial charge in [0, 0.05) is 11.1 Å². The molecule has 2 fully saturated rings. The Hall–Kier alpha value is -3.80. The second kappa shape index (κ2) is 17.9. The number of methoxy groups -OCH3 is 1. The van der Waals surface area contributed by atoms with Gasteiger partial charge in [0.15, 0.2) is 23.1 Å². The highest BCUT2D eigenvalue weighted by Crippen LogP contribution is 2.40. The van der Waals surface area contributed by atoms with Crippen LogP contribution in [0.4, 0.5) is 17.6 Å². The summed E-state index contributed by atoms with van der Waals surface area (Å²) >= 11 is 0. The van der Waals surface area contributed by atoms with E-state index in [1.165, 1.54) is 101 Å². The fourth-order valence-electron chi connectivity index (χ4n) is 7.90. The lowest BCUT2D eigenvalue weighted by molar-refractivity contribution is 0.308. The fourth-order valence-corrected chi connectivity index (χ4v) is 7.90. The highest BCUT2D eigenvalue weighted by atomic mass is 19.2. The van der Waals surface area contributed by atoms with Crippen molar-refractivity contribution in [3.63, 3.8) is 0 Å². The van der Waals surface area contributed by atoms with Crippen LogP contribution in [-0.2, 0) is 0 Å². The van der Waals surface area contributed by atoms with Crippen LogP contribution in [0.1, 0.15) is 114 Å². The summed E-state index contributed by atoms with van der Waals surface area (Å²) in [7, 11) is 1.33. The predicted octanol–water partition coefficient (Wildman–Crippen LogP) is 13.4. The van der Waals surface area contributed by atoms with Crippen molar-refractivity contribution in [1.82, 2.24) is 0 Å². The van der Waals surface area contributed by atoms with Crippen molar-refractivity contribution in [2.75, 3.05) is 13.7 Å². The van der Waals surface area contributed by atoms with E-state index < -0.39 is 23.3 Å². The second-order valence-corrected chi connectivity index (χ2v) is 14.0. The van der Waals surface area contributed by atoms with Crippen molar-refractivity contribution in [3.05, 3.63) is 107 Å². The molecule has 2 aliphatic rings. The molecule has 4 aromatic rings. The van der Waals surface area contributed by atoms with Crippen molar-refractivity contribution < 1.29 is 27.0 Å². The SMILES string of the molecule is CCCC1CCC(c2ccc(-c3ccc(OC)c(F)c3F)cc2)CC1.CCOc1ccc(-c2ccc(C3CCC(CC)CC3)cc2)c(F)c1F. The van der Waals surface area contributed by atoms with Crippen LogP contribution in [0.3, 0.4) is 0 Å². The van der Waals surface area contributed by atoms with Crippen LogP contribution in [0.5, 0.6) is 11.5 Å². The first kappa shape index (κ1) is 37.5. The van der Waals surface area contributed by atoms with Crippen LogP contribution in [0.15, 0.2) is 72.8 Å². The quantitative estimate of drug-likeness (QED) is 0.154. The molecule has 0 atom stereocenters. The molecule has 0 aliphatic heterocycles. The van der Waals surface area contributed by atoms with E-state index >= 15 is 0 Å². The molecule has 2 aliphatic carbocycles. The lowest BCUT2D eigenvalue weighted by Gasteiger charge is -2.28. The lowest BCUT2D eigenvalue weighted by atomic mass is 9.77. The van der Waals surface area contributed by atoms with Gasteiger partial charge in [0.25, 0.3) is 0 Å². The average molecular weight is 689 g/mol. The first-order valence-corrected chi connectivity index (χ1v) is 18.6. The minimum Gasteiger partial charge on any atom is -0.494 e. The van der Waals surface area contributed by atoms with Gasteiger partial charge >= 0.3 is 0 Å². The number of benzene rings is 4. The summed E-state index contributed by atoms with van der Waals surface area (Å²) in [6, 6.07) is 22.0. The number of hydrogen-bond donors (Lipinski definition) is 0. The molecule has 0 N–H and O–H groups in total. The molecule has 0 spiro atoms. The third kappa shape index (κ3) is 8.91. The zero-order valence-corrected chi connectivity index (χ0v) is 30.1. The summed E-state index contributed by atoms with van der Waals surface area (Å²) in [6.45, 7) is 6.58. The maximum Gasteiger partial charge on any atom is 0.201 e. The molecule has 0 amide bonds. The Morgan fingerprint density at radius 1 is 0.520 bits per heavy atom. The maximum absolute atomic E-state index is 14.4. The zero-order valence-electron chi connectivity index (χ0n) is 30.1. The van der Waals surface area contributed by atoms with Crippen molar-refractivity contribution >= 4 is 0 Å². The highest BCUT2D eigenvalue weighted by molar-refractivity contribution is 5.66. The van der Waals surface area contributed by atoms with Gasteiger partial charge in [0.05, 0.1) is 13.7 Å². The fraction of sp³-hybridized carbons (Fsp3) is 0.455. The van der Waals surface area contributed by atoms with Crippen molar-refractivity contribution in [2.24, 2.45) is 11.8 Å². The van der Waals surface area contributed by atoms with E-state index in [9.17, 15) is 17.6 Å². The zero-order chi connectivity index (χ0) is 35.6. The lowest BCUT2D eigenvalue weighted by Crippen LogP contribution is -2.13. The summed E-state index contributed by atoms with van der Waals surface area (Å²) < 4.78 is 66.5. The number of ether oxygens (including phenoxy) is 2. The Kier molecular flexibility index (Phi) is 13.4. The van der Waals surface area contributed by atoms with E-state index in [1.807, 2.05) is 24.3 Å². The van der Waals surface area contributed by atoms with Crippen LogP contribution in [-0.4, -0.2) is 13.7 Å². The predicted molar refractivity (Wildman–Crippen MR) is 196 cm³/mol. The normalized spacial score (nSPS) is 20.5. The summed E-state index contributed by atoms with van der Waals surface area (Å²) in [5.41, 5.74) is 4.57. The molecule has 2 saturated carbocycles. The van der Waals surface area contributed by atoms with Crippen molar-refractivity contribution in [3.8, 4) is 33.8 Å². The Labute approximate surface area is 296 Å².